The number of carbonyl (C=O) groups is 1. The summed E-state index contributed by atoms with van der Waals surface area (Å²) in [7, 11) is -3.50. The SMILES string of the molecule is CCN1CCC(NC(=O)C2CCN(S(=O)(=O)c3ccc(C)cc3C)CC2)CC1. The lowest BCUT2D eigenvalue weighted by molar-refractivity contribution is -0.127. The first kappa shape index (κ1) is 21.3. The van der Waals surface area contributed by atoms with Crippen molar-refractivity contribution in [3.05, 3.63) is 29.3 Å². The maximum atomic E-state index is 13.0. The average molecular weight is 408 g/mol. The normalized spacial score (nSPS) is 21.0. The highest BCUT2D eigenvalue weighted by Gasteiger charge is 2.33. The van der Waals surface area contributed by atoms with Gasteiger partial charge in [-0.2, -0.15) is 4.31 Å². The van der Waals surface area contributed by atoms with Gasteiger partial charge in [0.1, 0.15) is 0 Å². The van der Waals surface area contributed by atoms with Crippen molar-refractivity contribution in [2.75, 3.05) is 32.7 Å². The molecule has 0 spiro atoms. The molecule has 1 N–H and O–H groups in total. The van der Waals surface area contributed by atoms with E-state index in [1.165, 1.54) is 4.31 Å². The molecule has 0 saturated carbocycles. The van der Waals surface area contributed by atoms with E-state index in [4.69, 9.17) is 0 Å². The fourth-order valence-corrected chi connectivity index (χ4v) is 5.97. The number of rotatable bonds is 5. The highest BCUT2D eigenvalue weighted by atomic mass is 32.2. The second-order valence-corrected chi connectivity index (χ2v) is 10.1. The summed E-state index contributed by atoms with van der Waals surface area (Å²) in [6.45, 7) is 9.91. The van der Waals surface area contributed by atoms with Gasteiger partial charge in [-0.25, -0.2) is 8.42 Å². The minimum Gasteiger partial charge on any atom is -0.353 e. The van der Waals surface area contributed by atoms with E-state index >= 15 is 0 Å². The number of nitrogens with one attached hydrogen (secondary N) is 1. The third-order valence-corrected chi connectivity index (χ3v) is 8.21. The molecule has 0 radical (unpaired) electrons. The third-order valence-electron chi connectivity index (χ3n) is 6.15. The molecular formula is C21H33N3O3S. The molecule has 0 aromatic heterocycles. The van der Waals surface area contributed by atoms with Crippen molar-refractivity contribution in [3.8, 4) is 0 Å². The van der Waals surface area contributed by atoms with Gasteiger partial charge in [0.15, 0.2) is 0 Å². The van der Waals surface area contributed by atoms with Crippen molar-refractivity contribution in [1.29, 1.82) is 0 Å². The number of carbonyl (C=O) groups excluding carboxylic acids is 1. The van der Waals surface area contributed by atoms with Crippen LogP contribution < -0.4 is 5.32 Å². The van der Waals surface area contributed by atoms with Crippen LogP contribution in [0.1, 0.15) is 43.7 Å². The van der Waals surface area contributed by atoms with Gasteiger partial charge in [0.25, 0.3) is 0 Å². The highest BCUT2D eigenvalue weighted by molar-refractivity contribution is 7.89. The summed E-state index contributed by atoms with van der Waals surface area (Å²) in [5.41, 5.74) is 1.83. The Morgan fingerprint density at radius 3 is 2.29 bits per heavy atom. The summed E-state index contributed by atoms with van der Waals surface area (Å²) >= 11 is 0. The first-order chi connectivity index (χ1) is 13.3. The number of likely N-dealkylation sites (tertiary alicyclic amines) is 1. The van der Waals surface area contributed by atoms with Crippen LogP contribution in [0.25, 0.3) is 0 Å². The zero-order valence-corrected chi connectivity index (χ0v) is 18.1. The average Bonchev–Trinajstić information content (AvgIpc) is 2.68. The number of piperidine rings is 2. The summed E-state index contributed by atoms with van der Waals surface area (Å²) in [6.07, 6.45) is 3.17. The Bertz CT molecular complexity index is 793. The molecule has 28 heavy (non-hydrogen) atoms. The van der Waals surface area contributed by atoms with Crippen LogP contribution in [0.5, 0.6) is 0 Å². The molecule has 0 unspecified atom stereocenters. The van der Waals surface area contributed by atoms with E-state index < -0.39 is 10.0 Å². The monoisotopic (exact) mass is 407 g/mol. The maximum Gasteiger partial charge on any atom is 0.243 e. The zero-order valence-electron chi connectivity index (χ0n) is 17.3. The zero-order chi connectivity index (χ0) is 20.3. The van der Waals surface area contributed by atoms with Crippen LogP contribution in [0.2, 0.25) is 0 Å². The molecule has 2 heterocycles. The number of nitrogens with zero attached hydrogens (tertiary/aromatic N) is 2. The lowest BCUT2D eigenvalue weighted by Crippen LogP contribution is -2.48. The third kappa shape index (κ3) is 4.75. The van der Waals surface area contributed by atoms with Gasteiger partial charge in [-0.15, -0.1) is 0 Å². The van der Waals surface area contributed by atoms with E-state index in [0.717, 1.165) is 43.6 Å². The van der Waals surface area contributed by atoms with Gasteiger partial charge in [0.05, 0.1) is 4.90 Å². The van der Waals surface area contributed by atoms with E-state index in [0.29, 0.717) is 30.8 Å². The molecule has 1 aromatic rings. The Morgan fingerprint density at radius 1 is 1.07 bits per heavy atom. The van der Waals surface area contributed by atoms with Crippen molar-refractivity contribution in [1.82, 2.24) is 14.5 Å². The van der Waals surface area contributed by atoms with Crippen LogP contribution in [0.15, 0.2) is 23.1 Å². The molecule has 0 bridgehead atoms. The summed E-state index contributed by atoms with van der Waals surface area (Å²) in [4.78, 5) is 15.4. The van der Waals surface area contributed by atoms with Crippen LogP contribution in [0.4, 0.5) is 0 Å². The molecule has 0 atom stereocenters. The number of hydrogen-bond donors (Lipinski definition) is 1. The van der Waals surface area contributed by atoms with Crippen molar-refractivity contribution in [3.63, 3.8) is 0 Å². The lowest BCUT2D eigenvalue weighted by Gasteiger charge is -2.34. The molecule has 3 rings (SSSR count). The molecule has 2 aliphatic heterocycles. The van der Waals surface area contributed by atoms with E-state index in [1.54, 1.807) is 6.07 Å². The topological polar surface area (TPSA) is 69.7 Å². The number of hydrogen-bond acceptors (Lipinski definition) is 4. The van der Waals surface area contributed by atoms with Crippen molar-refractivity contribution < 1.29 is 13.2 Å². The van der Waals surface area contributed by atoms with E-state index in [-0.39, 0.29) is 17.9 Å². The Kier molecular flexibility index (Phi) is 6.78. The predicted molar refractivity (Wildman–Crippen MR) is 111 cm³/mol. The Morgan fingerprint density at radius 2 is 1.71 bits per heavy atom. The van der Waals surface area contributed by atoms with Crippen molar-refractivity contribution in [2.45, 2.75) is 57.4 Å². The molecular weight excluding hydrogens is 374 g/mol. The maximum absolute atomic E-state index is 13.0. The lowest BCUT2D eigenvalue weighted by atomic mass is 9.96. The van der Waals surface area contributed by atoms with Crippen LogP contribution in [0, 0.1) is 19.8 Å². The van der Waals surface area contributed by atoms with Gasteiger partial charge in [0.2, 0.25) is 15.9 Å². The first-order valence-electron chi connectivity index (χ1n) is 10.4. The van der Waals surface area contributed by atoms with Gasteiger partial charge in [0, 0.05) is 38.1 Å². The highest BCUT2D eigenvalue weighted by Crippen LogP contribution is 2.26. The summed E-state index contributed by atoms with van der Waals surface area (Å²) in [5.74, 6) is 0.00767. The Hall–Kier alpha value is -1.44. The van der Waals surface area contributed by atoms with Gasteiger partial charge < -0.3 is 10.2 Å². The quantitative estimate of drug-likeness (QED) is 0.813. The summed E-state index contributed by atoms with van der Waals surface area (Å²) in [5, 5.41) is 3.20. The number of benzene rings is 1. The number of aryl methyl sites for hydroxylation is 2. The molecule has 2 aliphatic rings. The first-order valence-corrected chi connectivity index (χ1v) is 11.9. The fraction of sp³-hybridized carbons (Fsp3) is 0.667. The minimum atomic E-state index is -3.50. The molecule has 7 heteroatoms. The second kappa shape index (κ2) is 8.93. The van der Waals surface area contributed by atoms with Crippen LogP contribution in [-0.4, -0.2) is 62.3 Å². The van der Waals surface area contributed by atoms with Crippen LogP contribution in [0.3, 0.4) is 0 Å². The van der Waals surface area contributed by atoms with Crippen LogP contribution in [-0.2, 0) is 14.8 Å². The molecule has 1 amide bonds. The largest absolute Gasteiger partial charge is 0.353 e. The van der Waals surface area contributed by atoms with E-state index in [1.807, 2.05) is 26.0 Å². The molecule has 156 valence electrons. The molecule has 6 nitrogen and oxygen atoms in total. The molecule has 0 aliphatic carbocycles. The van der Waals surface area contributed by atoms with E-state index in [9.17, 15) is 13.2 Å². The molecule has 2 saturated heterocycles. The summed E-state index contributed by atoms with van der Waals surface area (Å²) < 4.78 is 27.5. The van der Waals surface area contributed by atoms with Gasteiger partial charge in [-0.1, -0.05) is 24.6 Å². The van der Waals surface area contributed by atoms with Crippen molar-refractivity contribution in [2.24, 2.45) is 5.92 Å². The fourth-order valence-electron chi connectivity index (χ4n) is 4.30. The Balaban J connectivity index is 1.54. The summed E-state index contributed by atoms with van der Waals surface area (Å²) in [6, 6.07) is 5.69. The van der Waals surface area contributed by atoms with Crippen LogP contribution >= 0.6 is 0 Å². The second-order valence-electron chi connectivity index (χ2n) is 8.16. The van der Waals surface area contributed by atoms with Gasteiger partial charge in [-0.05, 0) is 57.7 Å². The molecule has 2 fully saturated rings. The van der Waals surface area contributed by atoms with Gasteiger partial charge in [-0.3, -0.25) is 4.79 Å². The smallest absolute Gasteiger partial charge is 0.243 e. The Labute approximate surface area is 169 Å². The van der Waals surface area contributed by atoms with Gasteiger partial charge >= 0.3 is 0 Å². The van der Waals surface area contributed by atoms with Crippen molar-refractivity contribution >= 4 is 15.9 Å². The number of sulfonamides is 1. The standard InChI is InChI=1S/C21H33N3O3S/c1-4-23-11-9-19(10-12-23)22-21(25)18-7-13-24(14-8-18)28(26,27)20-6-5-16(2)15-17(20)3/h5-6,15,18-19H,4,7-14H2,1-3H3,(H,22,25). The predicted octanol–water partition coefficient (Wildman–Crippen LogP) is 2.30. The number of amides is 1. The van der Waals surface area contributed by atoms with E-state index in [2.05, 4.69) is 17.1 Å². The minimum absolute atomic E-state index is 0.0882. The molecule has 1 aromatic carbocycles.